The largest absolute Gasteiger partial charge is 0.453 e. The number of nitrogens with zero attached hydrogens (tertiary/aromatic N) is 2. The Labute approximate surface area is 234 Å². The van der Waals surface area contributed by atoms with Crippen molar-refractivity contribution in [1.82, 2.24) is 20.6 Å². The van der Waals surface area contributed by atoms with E-state index in [0.717, 1.165) is 75.9 Å². The highest BCUT2D eigenvalue weighted by atomic mass is 19.1. The van der Waals surface area contributed by atoms with Crippen LogP contribution in [0.2, 0.25) is 0 Å². The monoisotopic (exact) mass is 556 g/mol. The molecule has 2 aliphatic heterocycles. The maximum Gasteiger partial charge on any atom is 0.331 e. The van der Waals surface area contributed by atoms with Gasteiger partial charge in [0, 0.05) is 59.8 Å². The second-order valence-corrected chi connectivity index (χ2v) is 10.6. The first-order chi connectivity index (χ1) is 19.4. The molecule has 4 heterocycles. The average molecular weight is 557 g/mol. The zero-order valence-electron chi connectivity index (χ0n) is 23.0. The van der Waals surface area contributed by atoms with Crippen LogP contribution in [-0.2, 0) is 19.1 Å². The fraction of sp³-hybridized carbons (Fsp3) is 0.533. The molecular formula is C30H38F2N4O4. The van der Waals surface area contributed by atoms with Crippen molar-refractivity contribution in [2.75, 3.05) is 0 Å². The lowest BCUT2D eigenvalue weighted by molar-refractivity contribution is -0.147. The molecule has 216 valence electrons. The Hall–Kier alpha value is -3.24. The van der Waals surface area contributed by atoms with Gasteiger partial charge >= 0.3 is 11.9 Å². The van der Waals surface area contributed by atoms with E-state index in [1.807, 2.05) is 0 Å². The van der Waals surface area contributed by atoms with Gasteiger partial charge < -0.3 is 20.1 Å². The van der Waals surface area contributed by atoms with Crippen LogP contribution in [-0.4, -0.2) is 46.1 Å². The number of pyridine rings is 2. The van der Waals surface area contributed by atoms with Gasteiger partial charge in [-0.3, -0.25) is 9.97 Å². The average Bonchev–Trinajstić information content (AvgIpc) is 3.59. The van der Waals surface area contributed by atoms with Crippen LogP contribution in [0.1, 0.15) is 88.5 Å². The fourth-order valence-corrected chi connectivity index (χ4v) is 5.73. The summed E-state index contributed by atoms with van der Waals surface area (Å²) in [5.74, 6) is -2.59. The number of nitrogens with one attached hydrogen (secondary N) is 2. The summed E-state index contributed by atoms with van der Waals surface area (Å²) in [5.41, 5.74) is 0.873. The number of rotatable bonds is 12. The third kappa shape index (κ3) is 8.14. The molecule has 0 amide bonds. The zero-order chi connectivity index (χ0) is 28.5. The van der Waals surface area contributed by atoms with E-state index < -0.39 is 35.8 Å². The van der Waals surface area contributed by atoms with Crippen molar-refractivity contribution in [2.24, 2.45) is 0 Å². The quantitative estimate of drug-likeness (QED) is 0.278. The van der Waals surface area contributed by atoms with Crippen molar-refractivity contribution in [2.45, 2.75) is 102 Å². The Morgan fingerprint density at radius 1 is 0.800 bits per heavy atom. The molecule has 0 saturated carbocycles. The number of hydrogen-bond acceptors (Lipinski definition) is 8. The third-order valence-electron chi connectivity index (χ3n) is 7.51. The molecule has 2 aromatic rings. The Morgan fingerprint density at radius 3 is 1.60 bits per heavy atom. The van der Waals surface area contributed by atoms with Gasteiger partial charge in [0.1, 0.15) is 23.8 Å². The molecule has 0 spiro atoms. The van der Waals surface area contributed by atoms with Crippen LogP contribution < -0.4 is 10.6 Å². The number of hydrogen-bond donors (Lipinski definition) is 2. The number of carbonyl (C=O) groups excluding carboxylic acids is 2. The molecule has 2 fully saturated rings. The molecule has 10 heteroatoms. The van der Waals surface area contributed by atoms with Gasteiger partial charge in [-0.1, -0.05) is 26.7 Å². The van der Waals surface area contributed by atoms with Crippen LogP contribution in [0, 0.1) is 11.6 Å². The minimum Gasteiger partial charge on any atom is -0.453 e. The lowest BCUT2D eigenvalue weighted by Gasteiger charge is -2.25. The smallest absolute Gasteiger partial charge is 0.331 e. The molecule has 2 N–H and O–H groups in total. The number of carbonyl (C=O) groups is 2. The van der Waals surface area contributed by atoms with Crippen molar-refractivity contribution < 1.29 is 27.8 Å². The van der Waals surface area contributed by atoms with Gasteiger partial charge in [-0.25, -0.2) is 18.4 Å². The minimum atomic E-state index is -0.775. The number of halogens is 2. The van der Waals surface area contributed by atoms with Gasteiger partial charge in [0.15, 0.2) is 0 Å². The van der Waals surface area contributed by atoms with Crippen molar-refractivity contribution in [3.8, 4) is 0 Å². The summed E-state index contributed by atoms with van der Waals surface area (Å²) in [7, 11) is 0. The van der Waals surface area contributed by atoms with Crippen LogP contribution >= 0.6 is 0 Å². The first kappa shape index (κ1) is 29.7. The van der Waals surface area contributed by atoms with Crippen molar-refractivity contribution in [3.63, 3.8) is 0 Å². The predicted molar refractivity (Wildman–Crippen MR) is 145 cm³/mol. The van der Waals surface area contributed by atoms with E-state index in [9.17, 15) is 18.4 Å². The standard InChI is InChI=1S/C30H38F2N4O4/c1-3-5-23-7-9-25(35-23)29(19-13-21(31)17-33-15-19)39-27(37)11-12-28(38)40-30(20-14-22(32)18-34-16-20)26-10-8-24(36-26)6-4-2/h11-18,23-26,29-30,35-36H,3-10H2,1-2H3/b12-11-/t23-,24-,25-,26-,29+,30+/m1/s1. The van der Waals surface area contributed by atoms with E-state index in [1.54, 1.807) is 0 Å². The normalized spacial score (nSPS) is 24.2. The second-order valence-electron chi connectivity index (χ2n) is 10.6. The Kier molecular flexibility index (Phi) is 10.7. The summed E-state index contributed by atoms with van der Waals surface area (Å²) >= 11 is 0. The summed E-state index contributed by atoms with van der Waals surface area (Å²) in [6, 6.07) is 2.76. The molecule has 2 saturated heterocycles. The molecule has 4 rings (SSSR count). The van der Waals surface area contributed by atoms with E-state index in [4.69, 9.17) is 9.47 Å². The van der Waals surface area contributed by atoms with Gasteiger partial charge in [0.25, 0.3) is 0 Å². The SMILES string of the molecule is CCC[C@@H]1CC[C@H]([C@@H](OC(=O)/C=C\C(=O)O[C@@H](c2cncc(F)c2)[C@H]2CC[C@@H](CCC)N2)c2cncc(F)c2)N1. The minimum absolute atomic E-state index is 0.209. The molecule has 2 aliphatic rings. The van der Waals surface area contributed by atoms with E-state index >= 15 is 0 Å². The van der Waals surface area contributed by atoms with Gasteiger partial charge in [0.2, 0.25) is 0 Å². The van der Waals surface area contributed by atoms with E-state index in [0.29, 0.717) is 23.2 Å². The van der Waals surface area contributed by atoms with Gasteiger partial charge in [-0.15, -0.1) is 0 Å². The van der Waals surface area contributed by atoms with Crippen LogP contribution in [0.5, 0.6) is 0 Å². The van der Waals surface area contributed by atoms with E-state index in [1.165, 1.54) is 24.5 Å². The van der Waals surface area contributed by atoms with Crippen molar-refractivity contribution >= 4 is 11.9 Å². The molecule has 0 unspecified atom stereocenters. The van der Waals surface area contributed by atoms with Crippen molar-refractivity contribution in [3.05, 3.63) is 71.8 Å². The molecule has 0 radical (unpaired) electrons. The number of aromatic nitrogens is 2. The Bertz CT molecular complexity index is 1090. The Balaban J connectivity index is 1.44. The molecule has 40 heavy (non-hydrogen) atoms. The highest BCUT2D eigenvalue weighted by Gasteiger charge is 2.35. The second kappa shape index (κ2) is 14.4. The maximum atomic E-state index is 14.0. The molecule has 0 bridgehead atoms. The molecular weight excluding hydrogens is 518 g/mol. The molecule has 0 aliphatic carbocycles. The summed E-state index contributed by atoms with van der Waals surface area (Å²) in [6.07, 6.45) is 12.9. The van der Waals surface area contributed by atoms with Crippen molar-refractivity contribution in [1.29, 1.82) is 0 Å². The fourth-order valence-electron chi connectivity index (χ4n) is 5.73. The summed E-state index contributed by atoms with van der Waals surface area (Å²) in [5, 5.41) is 6.97. The van der Waals surface area contributed by atoms with E-state index in [-0.39, 0.29) is 12.1 Å². The summed E-state index contributed by atoms with van der Waals surface area (Å²) < 4.78 is 39.4. The first-order valence-electron chi connectivity index (χ1n) is 14.2. The van der Waals surface area contributed by atoms with Gasteiger partial charge in [0.05, 0.1) is 12.4 Å². The van der Waals surface area contributed by atoms with Crippen LogP contribution in [0.15, 0.2) is 49.1 Å². The molecule has 0 aromatic carbocycles. The zero-order valence-corrected chi connectivity index (χ0v) is 23.0. The lowest BCUT2D eigenvalue weighted by atomic mass is 10.0. The molecule has 6 atom stereocenters. The lowest BCUT2D eigenvalue weighted by Crippen LogP contribution is -2.36. The summed E-state index contributed by atoms with van der Waals surface area (Å²) in [6.45, 7) is 4.21. The highest BCUT2D eigenvalue weighted by molar-refractivity contribution is 5.91. The maximum absolute atomic E-state index is 14.0. The number of ether oxygens (including phenoxy) is 2. The predicted octanol–water partition coefficient (Wildman–Crippen LogP) is 5.02. The van der Waals surface area contributed by atoms with Gasteiger partial charge in [-0.05, 0) is 50.7 Å². The molecule has 8 nitrogen and oxygen atoms in total. The number of esters is 2. The highest BCUT2D eigenvalue weighted by Crippen LogP contribution is 2.31. The Morgan fingerprint density at radius 2 is 1.23 bits per heavy atom. The first-order valence-corrected chi connectivity index (χ1v) is 14.2. The van der Waals surface area contributed by atoms with E-state index in [2.05, 4.69) is 34.4 Å². The molecule has 2 aromatic heterocycles. The van der Waals surface area contributed by atoms with Crippen LogP contribution in [0.4, 0.5) is 8.78 Å². The van der Waals surface area contributed by atoms with Gasteiger partial charge in [-0.2, -0.15) is 0 Å². The third-order valence-corrected chi connectivity index (χ3v) is 7.51. The summed E-state index contributed by atoms with van der Waals surface area (Å²) in [4.78, 5) is 33.5. The topological polar surface area (TPSA) is 102 Å². The van der Waals surface area contributed by atoms with Crippen LogP contribution in [0.3, 0.4) is 0 Å². The van der Waals surface area contributed by atoms with Crippen LogP contribution in [0.25, 0.3) is 0 Å².